The summed E-state index contributed by atoms with van der Waals surface area (Å²) >= 11 is 0. The van der Waals surface area contributed by atoms with Gasteiger partial charge in [-0.15, -0.1) is 0 Å². The second-order valence-corrected chi connectivity index (χ2v) is 5.31. The minimum Gasteiger partial charge on any atom is -0.480 e. The fraction of sp³-hybridized carbons (Fsp3) is 0.467. The van der Waals surface area contributed by atoms with Gasteiger partial charge in [0, 0.05) is 18.5 Å². The van der Waals surface area contributed by atoms with Crippen molar-refractivity contribution < 1.29 is 27.5 Å². The summed E-state index contributed by atoms with van der Waals surface area (Å²) in [5.74, 6) is -0.354. The van der Waals surface area contributed by atoms with Crippen LogP contribution in [0.5, 0.6) is 5.75 Å². The summed E-state index contributed by atoms with van der Waals surface area (Å²) in [6.07, 6.45) is -5.11. The number of alkyl halides is 3. The number of ether oxygens (including phenoxy) is 1. The Kier molecular flexibility index (Phi) is 4.44. The van der Waals surface area contributed by atoms with E-state index < -0.39 is 24.7 Å². The Labute approximate surface area is 125 Å². The number of halogens is 3. The van der Waals surface area contributed by atoms with Crippen LogP contribution in [-0.2, 0) is 4.79 Å². The van der Waals surface area contributed by atoms with Gasteiger partial charge in [0.25, 0.3) is 5.91 Å². The van der Waals surface area contributed by atoms with Gasteiger partial charge in [-0.2, -0.15) is 13.2 Å². The summed E-state index contributed by atoms with van der Waals surface area (Å²) in [7, 11) is 0. The average Bonchev–Trinajstić information content (AvgIpc) is 2.71. The highest BCUT2D eigenvalue weighted by Gasteiger charge is 2.40. The SMILES string of the molecule is CC(=O)c1ccc(OC2CCN(CC(F)(F)F)C2=O)c(C)c1. The van der Waals surface area contributed by atoms with Gasteiger partial charge in [0.05, 0.1) is 0 Å². The van der Waals surface area contributed by atoms with Crippen LogP contribution in [0.15, 0.2) is 18.2 Å². The van der Waals surface area contributed by atoms with Crippen molar-refractivity contribution in [2.45, 2.75) is 32.5 Å². The van der Waals surface area contributed by atoms with Gasteiger partial charge in [0.1, 0.15) is 12.3 Å². The van der Waals surface area contributed by atoms with Gasteiger partial charge in [-0.05, 0) is 37.6 Å². The molecule has 1 fully saturated rings. The van der Waals surface area contributed by atoms with Crippen LogP contribution in [0.1, 0.15) is 29.3 Å². The van der Waals surface area contributed by atoms with Crippen molar-refractivity contribution in [1.82, 2.24) is 4.90 Å². The topological polar surface area (TPSA) is 46.6 Å². The van der Waals surface area contributed by atoms with Gasteiger partial charge in [-0.25, -0.2) is 0 Å². The lowest BCUT2D eigenvalue weighted by molar-refractivity contribution is -0.159. The first-order chi connectivity index (χ1) is 10.2. The van der Waals surface area contributed by atoms with E-state index in [1.54, 1.807) is 25.1 Å². The fourth-order valence-corrected chi connectivity index (χ4v) is 2.35. The van der Waals surface area contributed by atoms with Gasteiger partial charge in [-0.3, -0.25) is 9.59 Å². The molecular formula is C15H16F3NO3. The molecule has 1 aromatic rings. The number of hydrogen-bond acceptors (Lipinski definition) is 3. The Morgan fingerprint density at radius 2 is 2.09 bits per heavy atom. The van der Waals surface area contributed by atoms with Crippen molar-refractivity contribution in [1.29, 1.82) is 0 Å². The summed E-state index contributed by atoms with van der Waals surface area (Å²) in [4.78, 5) is 23.9. The number of benzene rings is 1. The van der Waals surface area contributed by atoms with Crippen molar-refractivity contribution >= 4 is 11.7 Å². The molecule has 0 bridgehead atoms. The minimum atomic E-state index is -4.41. The number of carbonyl (C=O) groups excluding carboxylic acids is 2. The molecule has 1 amide bonds. The Balaban J connectivity index is 2.06. The number of ketones is 1. The third-order valence-electron chi connectivity index (χ3n) is 3.47. The highest BCUT2D eigenvalue weighted by Crippen LogP contribution is 2.26. The minimum absolute atomic E-state index is 0.0214. The number of carbonyl (C=O) groups is 2. The fourth-order valence-electron chi connectivity index (χ4n) is 2.35. The normalized spacial score (nSPS) is 18.7. The van der Waals surface area contributed by atoms with Crippen LogP contribution >= 0.6 is 0 Å². The first-order valence-corrected chi connectivity index (χ1v) is 6.81. The smallest absolute Gasteiger partial charge is 0.406 e. The second kappa shape index (κ2) is 5.98. The molecule has 4 nitrogen and oxygen atoms in total. The molecule has 0 saturated carbocycles. The van der Waals surface area contributed by atoms with Gasteiger partial charge in [0.2, 0.25) is 0 Å². The van der Waals surface area contributed by atoms with Crippen molar-refractivity contribution in [3.8, 4) is 5.75 Å². The van der Waals surface area contributed by atoms with Crippen LogP contribution in [0.2, 0.25) is 0 Å². The molecule has 1 unspecified atom stereocenters. The van der Waals surface area contributed by atoms with Gasteiger partial charge < -0.3 is 9.64 Å². The quantitative estimate of drug-likeness (QED) is 0.803. The summed E-state index contributed by atoms with van der Waals surface area (Å²) in [5, 5.41) is 0. The number of hydrogen-bond donors (Lipinski definition) is 0. The molecule has 120 valence electrons. The number of amides is 1. The van der Waals surface area contributed by atoms with E-state index in [1.807, 2.05) is 0 Å². The van der Waals surface area contributed by atoms with Gasteiger partial charge >= 0.3 is 6.18 Å². The van der Waals surface area contributed by atoms with Crippen LogP contribution in [0.4, 0.5) is 13.2 Å². The van der Waals surface area contributed by atoms with E-state index >= 15 is 0 Å². The van der Waals surface area contributed by atoms with E-state index in [1.165, 1.54) is 6.92 Å². The lowest BCUT2D eigenvalue weighted by Gasteiger charge is -2.19. The van der Waals surface area contributed by atoms with Crippen LogP contribution < -0.4 is 4.74 Å². The molecular weight excluding hydrogens is 299 g/mol. The Hall–Kier alpha value is -2.05. The molecule has 0 radical (unpaired) electrons. The molecule has 1 heterocycles. The van der Waals surface area contributed by atoms with Crippen LogP contribution in [0, 0.1) is 6.92 Å². The van der Waals surface area contributed by atoms with Crippen LogP contribution in [-0.4, -0.2) is 42.0 Å². The maximum absolute atomic E-state index is 12.4. The number of aryl methyl sites for hydroxylation is 1. The maximum Gasteiger partial charge on any atom is 0.406 e. The number of likely N-dealkylation sites (tertiary alicyclic amines) is 1. The van der Waals surface area contributed by atoms with Crippen LogP contribution in [0.3, 0.4) is 0 Å². The lowest BCUT2D eigenvalue weighted by Crippen LogP contribution is -2.38. The van der Waals surface area contributed by atoms with E-state index in [0.717, 1.165) is 4.90 Å². The third kappa shape index (κ3) is 3.78. The Morgan fingerprint density at radius 3 is 2.64 bits per heavy atom. The summed E-state index contributed by atoms with van der Waals surface area (Å²) in [6.45, 7) is 1.92. The monoisotopic (exact) mass is 315 g/mol. The molecule has 0 N–H and O–H groups in total. The average molecular weight is 315 g/mol. The van der Waals surface area contributed by atoms with E-state index in [-0.39, 0.29) is 18.7 Å². The summed E-state index contributed by atoms with van der Waals surface area (Å²) < 4.78 is 42.6. The molecule has 1 aromatic carbocycles. The first kappa shape index (κ1) is 16.3. The second-order valence-electron chi connectivity index (χ2n) is 5.31. The number of rotatable bonds is 4. The van der Waals surface area contributed by atoms with Crippen molar-refractivity contribution in [2.24, 2.45) is 0 Å². The molecule has 1 saturated heterocycles. The molecule has 0 aliphatic carbocycles. The zero-order valence-electron chi connectivity index (χ0n) is 12.2. The predicted molar refractivity (Wildman–Crippen MR) is 72.9 cm³/mol. The molecule has 22 heavy (non-hydrogen) atoms. The summed E-state index contributed by atoms with van der Waals surface area (Å²) in [6, 6.07) is 4.76. The van der Waals surface area contributed by atoms with Gasteiger partial charge in [-0.1, -0.05) is 0 Å². The predicted octanol–water partition coefficient (Wildman–Crippen LogP) is 2.74. The van der Waals surface area contributed by atoms with E-state index in [2.05, 4.69) is 0 Å². The number of nitrogens with zero attached hydrogens (tertiary/aromatic N) is 1. The Morgan fingerprint density at radius 1 is 1.41 bits per heavy atom. The van der Waals surface area contributed by atoms with E-state index in [0.29, 0.717) is 16.9 Å². The molecule has 2 rings (SSSR count). The summed E-state index contributed by atoms with van der Waals surface area (Å²) in [5.41, 5.74) is 1.18. The zero-order chi connectivity index (χ0) is 16.5. The highest BCUT2D eigenvalue weighted by atomic mass is 19.4. The van der Waals surface area contributed by atoms with Crippen molar-refractivity contribution in [2.75, 3.05) is 13.1 Å². The molecule has 0 aromatic heterocycles. The maximum atomic E-state index is 12.4. The standard InChI is InChI=1S/C15H16F3NO3/c1-9-7-11(10(2)20)3-4-12(9)22-13-5-6-19(14(13)21)8-15(16,17)18/h3-4,7,13H,5-6,8H2,1-2H3. The Bertz CT molecular complexity index is 598. The number of Topliss-reactive ketones (excluding diaryl/α,β-unsaturated/α-hetero) is 1. The first-order valence-electron chi connectivity index (χ1n) is 6.81. The zero-order valence-corrected chi connectivity index (χ0v) is 12.2. The third-order valence-corrected chi connectivity index (χ3v) is 3.47. The van der Waals surface area contributed by atoms with Crippen LogP contribution in [0.25, 0.3) is 0 Å². The largest absolute Gasteiger partial charge is 0.480 e. The van der Waals surface area contributed by atoms with Crippen molar-refractivity contribution in [3.05, 3.63) is 29.3 Å². The van der Waals surface area contributed by atoms with Crippen molar-refractivity contribution in [3.63, 3.8) is 0 Å². The van der Waals surface area contributed by atoms with Gasteiger partial charge in [0.15, 0.2) is 11.9 Å². The molecule has 7 heteroatoms. The highest BCUT2D eigenvalue weighted by molar-refractivity contribution is 5.94. The van der Waals surface area contributed by atoms with E-state index in [9.17, 15) is 22.8 Å². The molecule has 0 spiro atoms. The van der Waals surface area contributed by atoms with E-state index in [4.69, 9.17) is 4.74 Å². The lowest BCUT2D eigenvalue weighted by atomic mass is 10.1. The molecule has 1 aliphatic rings. The molecule has 1 atom stereocenters. The molecule has 1 aliphatic heterocycles.